The molecule has 0 radical (unpaired) electrons. The lowest BCUT2D eigenvalue weighted by Crippen LogP contribution is -2.12. The van der Waals surface area contributed by atoms with Gasteiger partial charge in [-0.1, -0.05) is 146 Å². The summed E-state index contributed by atoms with van der Waals surface area (Å²) >= 11 is 3.72. The highest BCUT2D eigenvalue weighted by Crippen LogP contribution is 2.55. The lowest BCUT2D eigenvalue weighted by Gasteiger charge is -2.30. The van der Waals surface area contributed by atoms with E-state index in [0.717, 1.165) is 61.3 Å². The van der Waals surface area contributed by atoms with Crippen LogP contribution in [0.25, 0.3) is 95.7 Å². The summed E-state index contributed by atoms with van der Waals surface area (Å²) in [5.41, 5.74) is 11.9. The summed E-state index contributed by atoms with van der Waals surface area (Å²) in [6.45, 7) is 0. The first-order valence-electron chi connectivity index (χ1n) is 19.6. The molecule has 0 N–H and O–H groups in total. The van der Waals surface area contributed by atoms with E-state index in [-0.39, 0.29) is 0 Å². The quantitative estimate of drug-likeness (QED) is 0.167. The number of rotatable bonds is 6. The number of anilines is 3. The Labute approximate surface area is 343 Å². The van der Waals surface area contributed by atoms with Crippen LogP contribution >= 0.6 is 22.7 Å². The maximum absolute atomic E-state index is 7.14. The first kappa shape index (κ1) is 33.2. The standard InChI is InChI=1S/C54H33NOS2/c1-4-15-34(16-5-1)37-27-28-40-45(33-37)56-54-39(36-19-8-3-9-20-36)29-31-44(51(40)54)55(43-23-14-26-48-50(43)41-21-10-12-24-46(41)57-48)53-38(35-17-6-2-7-18-35)30-32-49-52(53)42-22-11-13-25-47(42)58-49/h1-33H. The van der Waals surface area contributed by atoms with Gasteiger partial charge in [0, 0.05) is 56.9 Å². The van der Waals surface area contributed by atoms with Crippen molar-refractivity contribution in [1.29, 1.82) is 0 Å². The van der Waals surface area contributed by atoms with Crippen LogP contribution in [-0.2, 0) is 0 Å². The number of nitrogens with zero attached hydrogens (tertiary/aromatic N) is 1. The van der Waals surface area contributed by atoms with Crippen LogP contribution in [0.2, 0.25) is 0 Å². The molecule has 0 bridgehead atoms. The van der Waals surface area contributed by atoms with Gasteiger partial charge in [0.1, 0.15) is 11.2 Å². The number of hydrogen-bond donors (Lipinski definition) is 0. The highest BCUT2D eigenvalue weighted by atomic mass is 32.1. The molecular weight excluding hydrogens is 743 g/mol. The highest BCUT2D eigenvalue weighted by Gasteiger charge is 2.29. The average Bonchev–Trinajstić information content (AvgIpc) is 3.99. The molecule has 0 saturated carbocycles. The van der Waals surface area contributed by atoms with Crippen LogP contribution in [0.4, 0.5) is 17.1 Å². The molecule has 0 saturated heterocycles. The van der Waals surface area contributed by atoms with Gasteiger partial charge in [-0.25, -0.2) is 0 Å². The number of fused-ring (bicyclic) bond motifs is 9. The third-order valence-corrected chi connectivity index (χ3v) is 13.7. The molecule has 4 heteroatoms. The summed E-state index contributed by atoms with van der Waals surface area (Å²) in [6.07, 6.45) is 0. The molecule has 0 spiro atoms. The molecule has 58 heavy (non-hydrogen) atoms. The zero-order chi connectivity index (χ0) is 38.2. The van der Waals surface area contributed by atoms with Crippen molar-refractivity contribution in [3.05, 3.63) is 200 Å². The predicted molar refractivity (Wildman–Crippen MR) is 250 cm³/mol. The number of hydrogen-bond acceptors (Lipinski definition) is 4. The van der Waals surface area contributed by atoms with Gasteiger partial charge in [-0.2, -0.15) is 0 Å². The number of furan rings is 1. The highest BCUT2D eigenvalue weighted by molar-refractivity contribution is 7.26. The maximum Gasteiger partial charge on any atom is 0.145 e. The van der Waals surface area contributed by atoms with Crippen LogP contribution in [0.15, 0.2) is 205 Å². The molecule has 12 rings (SSSR count). The molecule has 272 valence electrons. The van der Waals surface area contributed by atoms with Crippen molar-refractivity contribution in [3.8, 4) is 33.4 Å². The van der Waals surface area contributed by atoms with Gasteiger partial charge in [-0.05, 0) is 76.9 Å². The summed E-state index contributed by atoms with van der Waals surface area (Å²) in [5, 5.41) is 7.18. The Kier molecular flexibility index (Phi) is 7.62. The lowest BCUT2D eigenvalue weighted by atomic mass is 9.95. The summed E-state index contributed by atoms with van der Waals surface area (Å²) in [7, 11) is 0. The average molecular weight is 776 g/mol. The second-order valence-corrected chi connectivity index (χ2v) is 16.9. The van der Waals surface area contributed by atoms with Gasteiger partial charge in [-0.15, -0.1) is 22.7 Å². The van der Waals surface area contributed by atoms with Crippen molar-refractivity contribution in [2.45, 2.75) is 0 Å². The van der Waals surface area contributed by atoms with Gasteiger partial charge in [0.25, 0.3) is 0 Å². The largest absolute Gasteiger partial charge is 0.455 e. The lowest BCUT2D eigenvalue weighted by molar-refractivity contribution is 0.670. The van der Waals surface area contributed by atoms with Crippen molar-refractivity contribution in [1.82, 2.24) is 0 Å². The van der Waals surface area contributed by atoms with Crippen LogP contribution in [0.3, 0.4) is 0 Å². The fourth-order valence-electron chi connectivity index (χ4n) is 8.90. The molecular formula is C54H33NOS2. The SMILES string of the molecule is c1ccc(-c2ccc3c(c2)oc2c(-c4ccccc4)ccc(N(c4cccc5sc6ccccc6c45)c4c(-c5ccccc5)ccc5sc6ccccc6c45)c23)cc1. The molecule has 3 heterocycles. The van der Waals surface area contributed by atoms with Gasteiger partial charge in [-0.3, -0.25) is 0 Å². The molecule has 0 aliphatic carbocycles. The minimum absolute atomic E-state index is 0.864. The molecule has 2 nitrogen and oxygen atoms in total. The molecule has 9 aromatic carbocycles. The van der Waals surface area contributed by atoms with E-state index < -0.39 is 0 Å². The van der Waals surface area contributed by atoms with Gasteiger partial charge in [0.15, 0.2) is 0 Å². The zero-order valence-corrected chi connectivity index (χ0v) is 32.9. The monoisotopic (exact) mass is 775 g/mol. The van der Waals surface area contributed by atoms with Gasteiger partial charge in [0.2, 0.25) is 0 Å². The Balaban J connectivity index is 1.27. The van der Waals surface area contributed by atoms with Gasteiger partial charge < -0.3 is 9.32 Å². The van der Waals surface area contributed by atoms with Crippen LogP contribution in [0.1, 0.15) is 0 Å². The Morgan fingerprint density at radius 2 is 0.897 bits per heavy atom. The van der Waals surface area contributed by atoms with E-state index in [4.69, 9.17) is 4.42 Å². The van der Waals surface area contributed by atoms with Crippen LogP contribution in [0.5, 0.6) is 0 Å². The van der Waals surface area contributed by atoms with E-state index in [9.17, 15) is 0 Å². The van der Waals surface area contributed by atoms with E-state index in [1.165, 1.54) is 51.5 Å². The van der Waals surface area contributed by atoms with E-state index in [0.29, 0.717) is 0 Å². The fraction of sp³-hybridized carbons (Fsp3) is 0. The second kappa shape index (κ2) is 13.3. The van der Waals surface area contributed by atoms with E-state index >= 15 is 0 Å². The Morgan fingerprint density at radius 3 is 1.60 bits per heavy atom. The Morgan fingerprint density at radius 1 is 0.345 bits per heavy atom. The van der Waals surface area contributed by atoms with Crippen LogP contribution < -0.4 is 4.90 Å². The zero-order valence-electron chi connectivity index (χ0n) is 31.2. The molecule has 0 unspecified atom stereocenters. The molecule has 12 aromatic rings. The third-order valence-electron chi connectivity index (χ3n) is 11.5. The Hall–Kier alpha value is -6.98. The van der Waals surface area contributed by atoms with Crippen molar-refractivity contribution < 1.29 is 4.42 Å². The first-order valence-corrected chi connectivity index (χ1v) is 21.2. The number of benzene rings is 9. The molecule has 0 amide bonds. The minimum atomic E-state index is 0.864. The van der Waals surface area contributed by atoms with Crippen molar-refractivity contribution in [2.75, 3.05) is 4.90 Å². The summed E-state index contributed by atoms with van der Waals surface area (Å²) < 4.78 is 12.2. The van der Waals surface area contributed by atoms with E-state index in [1.807, 2.05) is 22.7 Å². The fourth-order valence-corrected chi connectivity index (χ4v) is 11.1. The van der Waals surface area contributed by atoms with Crippen LogP contribution in [0, 0.1) is 0 Å². The van der Waals surface area contributed by atoms with Gasteiger partial charge in [0.05, 0.1) is 22.4 Å². The van der Waals surface area contributed by atoms with Gasteiger partial charge >= 0.3 is 0 Å². The van der Waals surface area contributed by atoms with E-state index in [1.54, 1.807) is 0 Å². The van der Waals surface area contributed by atoms with Crippen molar-refractivity contribution in [3.63, 3.8) is 0 Å². The molecule has 0 atom stereocenters. The number of thiophene rings is 2. The minimum Gasteiger partial charge on any atom is -0.455 e. The summed E-state index contributed by atoms with van der Waals surface area (Å²) in [4.78, 5) is 2.57. The first-order chi connectivity index (χ1) is 28.8. The third kappa shape index (κ3) is 5.16. The topological polar surface area (TPSA) is 16.4 Å². The van der Waals surface area contributed by atoms with Crippen molar-refractivity contribution in [2.24, 2.45) is 0 Å². The summed E-state index contributed by atoms with van der Waals surface area (Å²) in [6, 6.07) is 72.6. The molecule has 0 aliphatic heterocycles. The summed E-state index contributed by atoms with van der Waals surface area (Å²) in [5.74, 6) is 0. The normalized spacial score (nSPS) is 11.8. The van der Waals surface area contributed by atoms with Crippen LogP contribution in [-0.4, -0.2) is 0 Å². The van der Waals surface area contributed by atoms with E-state index in [2.05, 4.69) is 205 Å². The second-order valence-electron chi connectivity index (χ2n) is 14.8. The maximum atomic E-state index is 7.14. The van der Waals surface area contributed by atoms with Crippen molar-refractivity contribution >= 4 is 102 Å². The molecule has 0 fully saturated rings. The smallest absolute Gasteiger partial charge is 0.145 e. The Bertz CT molecular complexity index is 3510. The molecule has 3 aromatic heterocycles. The molecule has 0 aliphatic rings. The predicted octanol–water partition coefficient (Wildman–Crippen LogP) is 16.8.